The molecule has 0 saturated heterocycles. The fraction of sp³-hybridized carbons (Fsp3) is 0.636. The average Bonchev–Trinajstić information content (AvgIpc) is 3.00. The highest BCUT2D eigenvalue weighted by Crippen LogP contribution is 2.52. The zero-order valence-electron chi connectivity index (χ0n) is 9.64. The van der Waals surface area contributed by atoms with Crippen LogP contribution in [-0.4, -0.2) is 33.0 Å². The highest BCUT2D eigenvalue weighted by atomic mass is 16.3. The Morgan fingerprint density at radius 1 is 1.53 bits per heavy atom. The van der Waals surface area contributed by atoms with E-state index >= 15 is 0 Å². The maximum absolute atomic E-state index is 11.6. The van der Waals surface area contributed by atoms with Crippen molar-refractivity contribution in [1.82, 2.24) is 9.55 Å². The molecule has 3 N–H and O–H groups in total. The molecule has 1 aromatic rings. The molecule has 2 rings (SSSR count). The summed E-state index contributed by atoms with van der Waals surface area (Å²) in [6, 6.07) is 0. The molecule has 0 amide bonds. The lowest BCUT2D eigenvalue weighted by Crippen LogP contribution is -2.34. The van der Waals surface area contributed by atoms with Crippen LogP contribution >= 0.6 is 0 Å². The number of aromatic amines is 1. The van der Waals surface area contributed by atoms with Gasteiger partial charge in [0.25, 0.3) is 5.56 Å². The van der Waals surface area contributed by atoms with E-state index in [-0.39, 0.29) is 24.7 Å². The van der Waals surface area contributed by atoms with Gasteiger partial charge in [-0.2, -0.15) is 0 Å². The number of rotatable bonds is 4. The van der Waals surface area contributed by atoms with Crippen molar-refractivity contribution < 1.29 is 10.2 Å². The summed E-state index contributed by atoms with van der Waals surface area (Å²) in [5.74, 6) is 0.0339. The Bertz CT molecular complexity index is 533. The van der Waals surface area contributed by atoms with Crippen molar-refractivity contribution in [2.24, 2.45) is 11.3 Å². The maximum atomic E-state index is 11.6. The minimum atomic E-state index is -0.475. The molecule has 1 aliphatic rings. The van der Waals surface area contributed by atoms with Gasteiger partial charge in [0.05, 0.1) is 6.61 Å². The lowest BCUT2D eigenvalue weighted by atomic mass is 10.1. The minimum absolute atomic E-state index is 0.0116. The summed E-state index contributed by atoms with van der Waals surface area (Å²) in [6.45, 7) is 1.89. The summed E-state index contributed by atoms with van der Waals surface area (Å²) in [7, 11) is 0. The molecule has 1 saturated carbocycles. The highest BCUT2D eigenvalue weighted by molar-refractivity contribution is 5.05. The van der Waals surface area contributed by atoms with Crippen LogP contribution in [0.4, 0.5) is 0 Å². The number of aryl methyl sites for hydroxylation is 1. The molecule has 6 nitrogen and oxygen atoms in total. The van der Waals surface area contributed by atoms with Crippen LogP contribution in [0.25, 0.3) is 0 Å². The van der Waals surface area contributed by atoms with Crippen molar-refractivity contribution in [3.63, 3.8) is 0 Å². The molecule has 1 aromatic heterocycles. The number of nitrogens with one attached hydrogen (secondary N) is 1. The van der Waals surface area contributed by atoms with Gasteiger partial charge >= 0.3 is 5.69 Å². The fourth-order valence-electron chi connectivity index (χ4n) is 2.20. The van der Waals surface area contributed by atoms with Crippen LogP contribution in [0.1, 0.15) is 12.0 Å². The molecule has 2 unspecified atom stereocenters. The maximum Gasteiger partial charge on any atom is 0.328 e. The zero-order chi connectivity index (χ0) is 12.6. The van der Waals surface area contributed by atoms with Gasteiger partial charge in [-0.15, -0.1) is 0 Å². The second-order valence-electron chi connectivity index (χ2n) is 4.80. The van der Waals surface area contributed by atoms with Gasteiger partial charge in [-0.1, -0.05) is 0 Å². The topological polar surface area (TPSA) is 95.3 Å². The van der Waals surface area contributed by atoms with E-state index in [4.69, 9.17) is 5.11 Å². The molecule has 94 valence electrons. The molecule has 1 heterocycles. The van der Waals surface area contributed by atoms with E-state index in [0.29, 0.717) is 18.5 Å². The van der Waals surface area contributed by atoms with Gasteiger partial charge in [-0.05, 0) is 19.3 Å². The predicted molar refractivity (Wildman–Crippen MR) is 60.8 cm³/mol. The summed E-state index contributed by atoms with van der Waals surface area (Å²) in [5, 5.41) is 18.4. The fourth-order valence-corrected chi connectivity index (χ4v) is 2.20. The number of H-pyrrole nitrogens is 1. The van der Waals surface area contributed by atoms with Gasteiger partial charge in [0.15, 0.2) is 0 Å². The van der Waals surface area contributed by atoms with Crippen LogP contribution in [0.5, 0.6) is 0 Å². The summed E-state index contributed by atoms with van der Waals surface area (Å²) in [4.78, 5) is 25.0. The molecule has 2 atom stereocenters. The van der Waals surface area contributed by atoms with E-state index in [1.807, 2.05) is 0 Å². The Morgan fingerprint density at radius 3 is 2.76 bits per heavy atom. The van der Waals surface area contributed by atoms with Gasteiger partial charge < -0.3 is 10.2 Å². The van der Waals surface area contributed by atoms with Crippen molar-refractivity contribution in [3.8, 4) is 0 Å². The van der Waals surface area contributed by atoms with E-state index in [0.717, 1.165) is 0 Å². The molecule has 0 bridgehead atoms. The van der Waals surface area contributed by atoms with Crippen LogP contribution in [-0.2, 0) is 6.54 Å². The van der Waals surface area contributed by atoms with Gasteiger partial charge in [0.1, 0.15) is 0 Å². The minimum Gasteiger partial charge on any atom is -0.396 e. The van der Waals surface area contributed by atoms with E-state index in [1.54, 1.807) is 6.92 Å². The van der Waals surface area contributed by atoms with E-state index in [2.05, 4.69) is 4.98 Å². The van der Waals surface area contributed by atoms with Crippen molar-refractivity contribution in [3.05, 3.63) is 32.6 Å². The monoisotopic (exact) mass is 240 g/mol. The van der Waals surface area contributed by atoms with E-state index < -0.39 is 11.1 Å². The first kappa shape index (κ1) is 12.1. The molecule has 0 spiro atoms. The van der Waals surface area contributed by atoms with Crippen molar-refractivity contribution in [2.75, 3.05) is 13.2 Å². The van der Waals surface area contributed by atoms with Crippen molar-refractivity contribution >= 4 is 0 Å². The number of aromatic nitrogens is 2. The van der Waals surface area contributed by atoms with Gasteiger partial charge in [0.2, 0.25) is 0 Å². The average molecular weight is 240 g/mol. The Kier molecular flexibility index (Phi) is 2.92. The third-order valence-corrected chi connectivity index (χ3v) is 3.57. The molecule has 1 fully saturated rings. The predicted octanol–water partition coefficient (Wildman–Crippen LogP) is -1.16. The van der Waals surface area contributed by atoms with Crippen LogP contribution in [0, 0.1) is 18.3 Å². The molecule has 0 aliphatic heterocycles. The first-order valence-electron chi connectivity index (χ1n) is 5.54. The lowest BCUT2D eigenvalue weighted by Gasteiger charge is -2.15. The number of hydrogen-bond donors (Lipinski definition) is 3. The van der Waals surface area contributed by atoms with E-state index in [1.165, 1.54) is 10.8 Å². The van der Waals surface area contributed by atoms with Crippen molar-refractivity contribution in [2.45, 2.75) is 19.9 Å². The lowest BCUT2D eigenvalue weighted by molar-refractivity contribution is 0.156. The Balaban J connectivity index is 2.28. The van der Waals surface area contributed by atoms with Gasteiger partial charge in [0, 0.05) is 30.3 Å². The summed E-state index contributed by atoms with van der Waals surface area (Å²) in [6.07, 6.45) is 2.19. The largest absolute Gasteiger partial charge is 0.396 e. The zero-order valence-corrected chi connectivity index (χ0v) is 9.64. The third-order valence-electron chi connectivity index (χ3n) is 3.57. The Hall–Kier alpha value is -1.40. The van der Waals surface area contributed by atoms with Gasteiger partial charge in [-0.3, -0.25) is 14.3 Å². The number of hydrogen-bond acceptors (Lipinski definition) is 4. The quantitative estimate of drug-likeness (QED) is 0.618. The molecule has 6 heteroatoms. The molecule has 17 heavy (non-hydrogen) atoms. The van der Waals surface area contributed by atoms with E-state index in [9.17, 15) is 14.7 Å². The highest BCUT2D eigenvalue weighted by Gasteiger charge is 2.53. The molecule has 1 aliphatic carbocycles. The number of nitrogens with zero attached hydrogens (tertiary/aromatic N) is 1. The normalized spacial score (nSPS) is 27.1. The van der Waals surface area contributed by atoms with Crippen molar-refractivity contribution in [1.29, 1.82) is 0 Å². The first-order valence-corrected chi connectivity index (χ1v) is 5.54. The van der Waals surface area contributed by atoms with Crippen LogP contribution in [0.2, 0.25) is 0 Å². The van der Waals surface area contributed by atoms with Crippen LogP contribution in [0.3, 0.4) is 0 Å². The summed E-state index contributed by atoms with van der Waals surface area (Å²) >= 11 is 0. The molecule has 0 aromatic carbocycles. The summed E-state index contributed by atoms with van der Waals surface area (Å²) in [5.41, 5.74) is -0.821. The van der Waals surface area contributed by atoms with Crippen LogP contribution < -0.4 is 11.2 Å². The third kappa shape index (κ3) is 2.05. The second kappa shape index (κ2) is 4.12. The Morgan fingerprint density at radius 2 is 2.24 bits per heavy atom. The molecular weight excluding hydrogens is 224 g/mol. The van der Waals surface area contributed by atoms with Crippen LogP contribution in [0.15, 0.2) is 15.8 Å². The van der Waals surface area contributed by atoms with Gasteiger partial charge in [-0.25, -0.2) is 4.79 Å². The number of aliphatic hydroxyl groups is 2. The second-order valence-corrected chi connectivity index (χ2v) is 4.80. The first-order chi connectivity index (χ1) is 8.02. The smallest absolute Gasteiger partial charge is 0.328 e. The standard InChI is InChI=1S/C11H16N2O4/c1-7-3-13(10(17)12-9(7)16)5-11(6-15)2-8(11)4-14/h3,8,14-15H,2,4-6H2,1H3,(H,12,16,17). The molecular formula is C11H16N2O4. The number of aliphatic hydroxyl groups excluding tert-OH is 2. The molecule has 0 radical (unpaired) electrons. The summed E-state index contributed by atoms with van der Waals surface area (Å²) < 4.78 is 1.39. The Labute approximate surface area is 97.5 Å². The SMILES string of the molecule is Cc1cn(CC2(CO)CC2CO)c(=O)[nH]c1=O.